The first-order chi connectivity index (χ1) is 14.4. The molecule has 1 aliphatic heterocycles. The van der Waals surface area contributed by atoms with Crippen molar-refractivity contribution in [2.75, 3.05) is 12.4 Å². The van der Waals surface area contributed by atoms with Gasteiger partial charge in [0.2, 0.25) is 5.91 Å². The number of carbonyl (C=O) groups excluding carboxylic acids is 2. The number of phenols is 1. The van der Waals surface area contributed by atoms with Crippen molar-refractivity contribution in [1.82, 2.24) is 0 Å². The van der Waals surface area contributed by atoms with Gasteiger partial charge in [0.25, 0.3) is 0 Å². The van der Waals surface area contributed by atoms with Crippen LogP contribution in [0, 0.1) is 6.92 Å². The quantitative estimate of drug-likeness (QED) is 0.492. The Bertz CT molecular complexity index is 1240. The minimum Gasteiger partial charge on any atom is -0.504 e. The van der Waals surface area contributed by atoms with Crippen molar-refractivity contribution >= 4 is 28.8 Å². The lowest BCUT2D eigenvalue weighted by atomic mass is 10.0. The molecule has 0 unspecified atom stereocenters. The van der Waals surface area contributed by atoms with E-state index in [1.165, 1.54) is 13.2 Å². The van der Waals surface area contributed by atoms with Gasteiger partial charge in [-0.2, -0.15) is 0 Å². The summed E-state index contributed by atoms with van der Waals surface area (Å²) in [5, 5.41) is 13.3. The fraction of sp³-hybridized carbons (Fsp3) is 0.227. The summed E-state index contributed by atoms with van der Waals surface area (Å²) >= 11 is 0. The number of nitrogens with one attached hydrogen (secondary N) is 1. The van der Waals surface area contributed by atoms with Gasteiger partial charge in [-0.3, -0.25) is 9.59 Å². The summed E-state index contributed by atoms with van der Waals surface area (Å²) in [7, 11) is 1.35. The highest BCUT2D eigenvalue weighted by molar-refractivity contribution is 6.01. The van der Waals surface area contributed by atoms with Crippen molar-refractivity contribution in [2.45, 2.75) is 26.6 Å². The first-order valence-electron chi connectivity index (χ1n) is 9.23. The Hall–Kier alpha value is -3.65. The molecule has 2 aromatic carbocycles. The van der Waals surface area contributed by atoms with Crippen LogP contribution >= 0.6 is 0 Å². The summed E-state index contributed by atoms with van der Waals surface area (Å²) in [5.74, 6) is -0.726. The summed E-state index contributed by atoms with van der Waals surface area (Å²) < 4.78 is 15.8. The highest BCUT2D eigenvalue weighted by Crippen LogP contribution is 2.36. The fourth-order valence-electron chi connectivity index (χ4n) is 3.59. The lowest BCUT2D eigenvalue weighted by molar-refractivity contribution is -0.115. The van der Waals surface area contributed by atoms with Crippen LogP contribution in [0.15, 0.2) is 33.5 Å². The van der Waals surface area contributed by atoms with E-state index in [0.717, 1.165) is 11.1 Å². The number of aryl methyl sites for hydroxylation is 1. The molecule has 1 aromatic heterocycles. The van der Waals surface area contributed by atoms with E-state index in [0.29, 0.717) is 36.1 Å². The summed E-state index contributed by atoms with van der Waals surface area (Å²) in [6.45, 7) is 2.71. The topological polar surface area (TPSA) is 115 Å². The molecular formula is C22H19NO7. The summed E-state index contributed by atoms with van der Waals surface area (Å²) in [5.41, 5.74) is 2.38. The first-order valence-corrected chi connectivity index (χ1v) is 9.23. The number of aromatic hydroxyl groups is 1. The normalized spacial score (nSPS) is 12.6. The molecular weight excluding hydrogens is 390 g/mol. The van der Waals surface area contributed by atoms with E-state index >= 15 is 0 Å². The number of rotatable bonds is 5. The predicted octanol–water partition coefficient (Wildman–Crippen LogP) is 2.84. The Labute approximate surface area is 171 Å². The van der Waals surface area contributed by atoms with Gasteiger partial charge < -0.3 is 24.3 Å². The largest absolute Gasteiger partial charge is 0.504 e. The molecule has 30 heavy (non-hydrogen) atoms. The minimum absolute atomic E-state index is 0.0476. The average Bonchev–Trinajstić information content (AvgIpc) is 3.19. The monoisotopic (exact) mass is 409 g/mol. The standard InChI is InChI=1S/C22H19NO7/c1-11-15-6-18(28-2)20(26)17(8-24)21(15)30-22(27)16(11)7-19(25)23-14-4-3-12-9-29-10-13(12)5-14/h3-6,8,26H,7,9-10H2,1-2H3,(H,23,25). The molecule has 2 heterocycles. The second-order valence-electron chi connectivity index (χ2n) is 7.03. The van der Waals surface area contributed by atoms with Crippen molar-refractivity contribution in [1.29, 1.82) is 0 Å². The van der Waals surface area contributed by atoms with Gasteiger partial charge in [0, 0.05) is 11.1 Å². The number of amides is 1. The van der Waals surface area contributed by atoms with E-state index in [1.807, 2.05) is 12.1 Å². The SMILES string of the molecule is COc1cc2c(C)c(CC(=O)Nc3ccc4c(c3)COC4)c(=O)oc2c(C=O)c1O. The number of fused-ring (bicyclic) bond motifs is 2. The summed E-state index contributed by atoms with van der Waals surface area (Å²) in [6.07, 6.45) is 0.184. The van der Waals surface area contributed by atoms with Crippen LogP contribution in [0.5, 0.6) is 11.5 Å². The maximum Gasteiger partial charge on any atom is 0.340 e. The number of hydrogen-bond acceptors (Lipinski definition) is 7. The number of anilines is 1. The number of ether oxygens (including phenoxy) is 2. The smallest absolute Gasteiger partial charge is 0.340 e. The fourth-order valence-corrected chi connectivity index (χ4v) is 3.59. The van der Waals surface area contributed by atoms with E-state index in [2.05, 4.69) is 5.32 Å². The molecule has 0 bridgehead atoms. The highest BCUT2D eigenvalue weighted by atomic mass is 16.5. The molecule has 3 aromatic rings. The van der Waals surface area contributed by atoms with E-state index in [-0.39, 0.29) is 34.8 Å². The number of methoxy groups -OCH3 is 1. The maximum absolute atomic E-state index is 12.6. The molecule has 0 radical (unpaired) electrons. The molecule has 0 spiro atoms. The van der Waals surface area contributed by atoms with Gasteiger partial charge >= 0.3 is 5.63 Å². The highest BCUT2D eigenvalue weighted by Gasteiger charge is 2.21. The molecule has 2 N–H and O–H groups in total. The Morgan fingerprint density at radius 3 is 2.77 bits per heavy atom. The molecule has 8 nitrogen and oxygen atoms in total. The third-order valence-electron chi connectivity index (χ3n) is 5.23. The van der Waals surface area contributed by atoms with Gasteiger partial charge in [-0.15, -0.1) is 0 Å². The number of benzene rings is 2. The molecule has 1 aliphatic rings. The predicted molar refractivity (Wildman–Crippen MR) is 108 cm³/mol. The first kappa shape index (κ1) is 19.7. The molecule has 1 amide bonds. The van der Waals surface area contributed by atoms with Gasteiger partial charge in [-0.25, -0.2) is 4.79 Å². The van der Waals surface area contributed by atoms with Crippen molar-refractivity contribution in [3.05, 3.63) is 62.5 Å². The average molecular weight is 409 g/mol. The van der Waals surface area contributed by atoms with Gasteiger partial charge in [-0.05, 0) is 41.8 Å². The van der Waals surface area contributed by atoms with Gasteiger partial charge in [0.15, 0.2) is 23.4 Å². The van der Waals surface area contributed by atoms with Crippen LogP contribution < -0.4 is 15.7 Å². The van der Waals surface area contributed by atoms with Crippen LogP contribution in [0.4, 0.5) is 5.69 Å². The second kappa shape index (κ2) is 7.64. The molecule has 0 saturated heterocycles. The number of aldehydes is 1. The maximum atomic E-state index is 12.6. The summed E-state index contributed by atoms with van der Waals surface area (Å²) in [6, 6.07) is 7.00. The number of carbonyl (C=O) groups is 2. The zero-order chi connectivity index (χ0) is 21.4. The van der Waals surface area contributed by atoms with E-state index in [9.17, 15) is 19.5 Å². The second-order valence-corrected chi connectivity index (χ2v) is 7.03. The molecule has 8 heteroatoms. The zero-order valence-electron chi connectivity index (χ0n) is 16.4. The molecule has 4 rings (SSSR count). The third kappa shape index (κ3) is 3.31. The molecule has 0 aliphatic carbocycles. The van der Waals surface area contributed by atoms with Gasteiger partial charge in [-0.1, -0.05) is 6.07 Å². The Balaban J connectivity index is 1.68. The van der Waals surface area contributed by atoms with Crippen molar-refractivity contribution in [2.24, 2.45) is 0 Å². The zero-order valence-corrected chi connectivity index (χ0v) is 16.4. The Kier molecular flexibility index (Phi) is 5.01. The third-order valence-corrected chi connectivity index (χ3v) is 5.23. The van der Waals surface area contributed by atoms with Gasteiger partial charge in [0.1, 0.15) is 5.56 Å². The minimum atomic E-state index is -0.745. The van der Waals surface area contributed by atoms with Crippen LogP contribution in [-0.2, 0) is 29.2 Å². The van der Waals surface area contributed by atoms with Crippen molar-refractivity contribution in [3.8, 4) is 11.5 Å². The molecule has 0 saturated carbocycles. The molecule has 154 valence electrons. The summed E-state index contributed by atoms with van der Waals surface area (Å²) in [4.78, 5) is 36.5. The van der Waals surface area contributed by atoms with Crippen LogP contribution in [0.2, 0.25) is 0 Å². The van der Waals surface area contributed by atoms with Crippen molar-refractivity contribution in [3.63, 3.8) is 0 Å². The van der Waals surface area contributed by atoms with Crippen LogP contribution in [-0.4, -0.2) is 24.4 Å². The molecule has 0 atom stereocenters. The van der Waals surface area contributed by atoms with Crippen LogP contribution in [0.25, 0.3) is 11.0 Å². The molecule has 0 fully saturated rings. The number of hydrogen-bond donors (Lipinski definition) is 2. The Morgan fingerprint density at radius 1 is 1.27 bits per heavy atom. The van der Waals surface area contributed by atoms with Gasteiger partial charge in [0.05, 0.1) is 32.3 Å². The van der Waals surface area contributed by atoms with E-state index in [4.69, 9.17) is 13.9 Å². The van der Waals surface area contributed by atoms with E-state index < -0.39 is 11.4 Å². The van der Waals surface area contributed by atoms with Crippen LogP contribution in [0.3, 0.4) is 0 Å². The Morgan fingerprint density at radius 2 is 2.03 bits per heavy atom. The lowest BCUT2D eigenvalue weighted by Gasteiger charge is -2.12. The van der Waals surface area contributed by atoms with Crippen molar-refractivity contribution < 1.29 is 28.6 Å². The lowest BCUT2D eigenvalue weighted by Crippen LogP contribution is -2.21. The van der Waals surface area contributed by atoms with E-state index in [1.54, 1.807) is 13.0 Å². The van der Waals surface area contributed by atoms with Crippen LogP contribution in [0.1, 0.15) is 32.6 Å². The number of phenolic OH excluding ortho intramolecular Hbond substituents is 1.